The van der Waals surface area contributed by atoms with E-state index < -0.39 is 0 Å². The summed E-state index contributed by atoms with van der Waals surface area (Å²) in [6.45, 7) is 8.47. The van der Waals surface area contributed by atoms with Crippen molar-refractivity contribution in [3.8, 4) is 0 Å². The topological polar surface area (TPSA) is 0 Å². The van der Waals surface area contributed by atoms with Gasteiger partial charge in [0.25, 0.3) is 0 Å². The molecule has 0 spiro atoms. The standard InChI is InChI=1S/C13H18S2/c1-5-11(14)13(15)12-9(3)6-8(2)7-10(12)4/h6-7,14-15H,5H2,1-4H3/b13-11-. The summed E-state index contributed by atoms with van der Waals surface area (Å²) in [7, 11) is 0. The normalized spacial score (nSPS) is 12.7. The van der Waals surface area contributed by atoms with Crippen molar-refractivity contribution in [2.75, 3.05) is 0 Å². The van der Waals surface area contributed by atoms with E-state index in [2.05, 4.69) is 65.1 Å². The Morgan fingerprint density at radius 1 is 1.07 bits per heavy atom. The highest BCUT2D eigenvalue weighted by Gasteiger charge is 2.08. The second kappa shape index (κ2) is 5.13. The number of hydrogen-bond acceptors (Lipinski definition) is 2. The molecular formula is C13H18S2. The fourth-order valence-corrected chi connectivity index (χ4v) is 2.49. The fourth-order valence-electron chi connectivity index (χ4n) is 1.87. The highest BCUT2D eigenvalue weighted by Crippen LogP contribution is 2.31. The number of thiol groups is 2. The van der Waals surface area contributed by atoms with E-state index in [9.17, 15) is 0 Å². The minimum atomic E-state index is 0.925. The van der Waals surface area contributed by atoms with Crippen LogP contribution >= 0.6 is 25.3 Å². The molecule has 1 rings (SSSR count). The van der Waals surface area contributed by atoms with Gasteiger partial charge < -0.3 is 0 Å². The van der Waals surface area contributed by atoms with Crippen LogP contribution in [-0.2, 0) is 0 Å². The summed E-state index contributed by atoms with van der Waals surface area (Å²) in [4.78, 5) is 2.06. The van der Waals surface area contributed by atoms with E-state index in [0.29, 0.717) is 0 Å². The van der Waals surface area contributed by atoms with Gasteiger partial charge in [0.1, 0.15) is 0 Å². The van der Waals surface area contributed by atoms with Gasteiger partial charge in [0.05, 0.1) is 0 Å². The lowest BCUT2D eigenvalue weighted by Crippen LogP contribution is -1.92. The third kappa shape index (κ3) is 2.82. The van der Waals surface area contributed by atoms with Crippen molar-refractivity contribution in [1.29, 1.82) is 0 Å². The maximum Gasteiger partial charge on any atom is 0.0211 e. The van der Waals surface area contributed by atoms with Gasteiger partial charge in [-0.25, -0.2) is 0 Å². The van der Waals surface area contributed by atoms with Gasteiger partial charge in [-0.15, -0.1) is 25.3 Å². The van der Waals surface area contributed by atoms with Crippen LogP contribution in [0.25, 0.3) is 4.91 Å². The second-order valence-electron chi connectivity index (χ2n) is 3.92. The molecule has 0 atom stereocenters. The van der Waals surface area contributed by atoms with Crippen LogP contribution in [0.1, 0.15) is 35.6 Å². The predicted octanol–water partition coefficient (Wildman–Crippen LogP) is 4.55. The van der Waals surface area contributed by atoms with Crippen LogP contribution in [0.2, 0.25) is 0 Å². The van der Waals surface area contributed by atoms with Crippen LogP contribution in [0.4, 0.5) is 0 Å². The summed E-state index contributed by atoms with van der Waals surface area (Å²) in [5.74, 6) is 0. The summed E-state index contributed by atoms with van der Waals surface area (Å²) in [6, 6.07) is 4.38. The molecule has 0 aliphatic rings. The summed E-state index contributed by atoms with van der Waals surface area (Å²) >= 11 is 9.03. The molecule has 0 N–H and O–H groups in total. The zero-order valence-corrected chi connectivity index (χ0v) is 11.5. The Morgan fingerprint density at radius 2 is 1.53 bits per heavy atom. The largest absolute Gasteiger partial charge is 0.147 e. The van der Waals surface area contributed by atoms with Crippen molar-refractivity contribution >= 4 is 30.2 Å². The SMILES string of the molecule is CC/C(S)=C(/S)c1c(C)cc(C)cc1C. The molecular weight excluding hydrogens is 220 g/mol. The van der Waals surface area contributed by atoms with Crippen LogP contribution in [0, 0.1) is 20.8 Å². The number of hydrogen-bond donors (Lipinski definition) is 2. The van der Waals surface area contributed by atoms with Gasteiger partial charge in [-0.3, -0.25) is 0 Å². The molecule has 15 heavy (non-hydrogen) atoms. The molecule has 0 saturated carbocycles. The molecule has 0 amide bonds. The Bertz CT molecular complexity index is 380. The fraction of sp³-hybridized carbons (Fsp3) is 0.385. The lowest BCUT2D eigenvalue weighted by Gasteiger charge is -2.13. The van der Waals surface area contributed by atoms with Crippen molar-refractivity contribution in [1.82, 2.24) is 0 Å². The summed E-state index contributed by atoms with van der Waals surface area (Å²) in [5.41, 5.74) is 5.08. The Morgan fingerprint density at radius 3 is 1.93 bits per heavy atom. The highest BCUT2D eigenvalue weighted by atomic mass is 32.1. The van der Waals surface area contributed by atoms with Crippen molar-refractivity contribution in [2.24, 2.45) is 0 Å². The van der Waals surface area contributed by atoms with Crippen molar-refractivity contribution in [2.45, 2.75) is 34.1 Å². The Labute approximate surface area is 104 Å². The first-order chi connectivity index (χ1) is 6.97. The Hall–Kier alpha value is -0.340. The zero-order chi connectivity index (χ0) is 11.6. The smallest absolute Gasteiger partial charge is 0.0211 e. The number of allylic oxidation sites excluding steroid dienone is 1. The molecule has 0 bridgehead atoms. The van der Waals surface area contributed by atoms with Gasteiger partial charge in [-0.2, -0.15) is 0 Å². The Kier molecular flexibility index (Phi) is 4.35. The van der Waals surface area contributed by atoms with Gasteiger partial charge >= 0.3 is 0 Å². The maximum atomic E-state index is 4.57. The van der Waals surface area contributed by atoms with E-state index in [0.717, 1.165) is 16.2 Å². The van der Waals surface area contributed by atoms with E-state index in [1.54, 1.807) is 0 Å². The molecule has 0 aliphatic heterocycles. The zero-order valence-electron chi connectivity index (χ0n) is 9.76. The monoisotopic (exact) mass is 238 g/mol. The van der Waals surface area contributed by atoms with Gasteiger partial charge in [0.15, 0.2) is 0 Å². The van der Waals surface area contributed by atoms with Crippen LogP contribution in [0.5, 0.6) is 0 Å². The maximum absolute atomic E-state index is 4.57. The lowest BCUT2D eigenvalue weighted by molar-refractivity contribution is 1.20. The molecule has 0 radical (unpaired) electrons. The molecule has 2 heteroatoms. The molecule has 0 nitrogen and oxygen atoms in total. The summed E-state index contributed by atoms with van der Waals surface area (Å²) < 4.78 is 0. The summed E-state index contributed by atoms with van der Waals surface area (Å²) in [6.07, 6.45) is 0.925. The molecule has 0 saturated heterocycles. The molecule has 0 aliphatic carbocycles. The molecule has 0 aromatic heterocycles. The van der Waals surface area contributed by atoms with Crippen LogP contribution in [-0.4, -0.2) is 0 Å². The summed E-state index contributed by atoms with van der Waals surface area (Å²) in [5, 5.41) is 0. The van der Waals surface area contributed by atoms with Crippen molar-refractivity contribution < 1.29 is 0 Å². The number of benzene rings is 1. The van der Waals surface area contributed by atoms with E-state index in [-0.39, 0.29) is 0 Å². The van der Waals surface area contributed by atoms with Crippen molar-refractivity contribution in [3.63, 3.8) is 0 Å². The van der Waals surface area contributed by atoms with E-state index >= 15 is 0 Å². The highest BCUT2D eigenvalue weighted by molar-refractivity contribution is 7.93. The molecule has 0 fully saturated rings. The quantitative estimate of drug-likeness (QED) is 0.694. The first-order valence-corrected chi connectivity index (χ1v) is 6.06. The van der Waals surface area contributed by atoms with E-state index in [1.807, 2.05) is 0 Å². The van der Waals surface area contributed by atoms with Crippen LogP contribution in [0.3, 0.4) is 0 Å². The van der Waals surface area contributed by atoms with Crippen LogP contribution < -0.4 is 0 Å². The minimum absolute atomic E-state index is 0.925. The number of rotatable bonds is 2. The van der Waals surface area contributed by atoms with E-state index in [4.69, 9.17) is 0 Å². The van der Waals surface area contributed by atoms with Gasteiger partial charge in [0.2, 0.25) is 0 Å². The average molecular weight is 238 g/mol. The minimum Gasteiger partial charge on any atom is -0.147 e. The molecule has 0 unspecified atom stereocenters. The Balaban J connectivity index is 3.38. The van der Waals surface area contributed by atoms with Gasteiger partial charge in [-0.05, 0) is 48.8 Å². The molecule has 1 aromatic rings. The average Bonchev–Trinajstić information content (AvgIpc) is 2.14. The third-order valence-electron chi connectivity index (χ3n) is 2.52. The van der Waals surface area contributed by atoms with E-state index in [1.165, 1.54) is 22.3 Å². The van der Waals surface area contributed by atoms with Gasteiger partial charge in [-0.1, -0.05) is 24.6 Å². The first-order valence-electron chi connectivity index (χ1n) is 5.16. The van der Waals surface area contributed by atoms with Crippen LogP contribution in [0.15, 0.2) is 17.0 Å². The number of aryl methyl sites for hydroxylation is 3. The van der Waals surface area contributed by atoms with Crippen molar-refractivity contribution in [3.05, 3.63) is 39.3 Å². The predicted molar refractivity (Wildman–Crippen MR) is 75.8 cm³/mol. The molecule has 82 valence electrons. The first kappa shape index (κ1) is 12.7. The van der Waals surface area contributed by atoms with Gasteiger partial charge in [0, 0.05) is 4.91 Å². The second-order valence-corrected chi connectivity index (χ2v) is 4.91. The molecule has 0 heterocycles. The lowest BCUT2D eigenvalue weighted by atomic mass is 9.99. The molecule has 1 aromatic carbocycles. The third-order valence-corrected chi connectivity index (χ3v) is 3.73.